The summed E-state index contributed by atoms with van der Waals surface area (Å²) in [4.78, 5) is 2.38. The average molecular weight is 419 g/mol. The lowest BCUT2D eigenvalue weighted by atomic mass is 10.0. The Balaban J connectivity index is 2.01. The molecule has 0 spiro atoms. The quantitative estimate of drug-likeness (QED) is 0.489. The minimum atomic E-state index is 1.03. The monoisotopic (exact) mass is 419 g/mol. The molecule has 0 unspecified atom stereocenters. The van der Waals surface area contributed by atoms with E-state index in [0.717, 1.165) is 13.1 Å². The summed E-state index contributed by atoms with van der Waals surface area (Å²) in [5.74, 6) is 0. The summed E-state index contributed by atoms with van der Waals surface area (Å²) in [5.41, 5.74) is 9.43. The van der Waals surface area contributed by atoms with Crippen molar-refractivity contribution in [3.8, 4) is 0 Å². The number of halogens is 1. The number of rotatable bonds is 2. The maximum absolute atomic E-state index is 2.43. The Labute approximate surface area is 153 Å². The molecule has 0 atom stereocenters. The highest BCUT2D eigenvalue weighted by atomic mass is 127. The topological polar surface area (TPSA) is 6.25 Å². The Bertz CT molecular complexity index is 783. The van der Waals surface area contributed by atoms with E-state index >= 15 is 0 Å². The van der Waals surface area contributed by atoms with Crippen LogP contribution in [0.3, 0.4) is 0 Å². The zero-order chi connectivity index (χ0) is 16.7. The second kappa shape index (κ2) is 6.27. The molecule has 0 fully saturated rings. The van der Waals surface area contributed by atoms with Crippen molar-refractivity contribution in [3.63, 3.8) is 0 Å². The van der Waals surface area contributed by atoms with Gasteiger partial charge in [-0.1, -0.05) is 23.8 Å². The number of anilines is 1. The van der Waals surface area contributed by atoms with Crippen LogP contribution in [-0.2, 0) is 0 Å². The molecule has 0 aliphatic carbocycles. The van der Waals surface area contributed by atoms with Crippen molar-refractivity contribution in [2.75, 3.05) is 18.0 Å². The highest BCUT2D eigenvalue weighted by Gasteiger charge is 2.26. The summed E-state index contributed by atoms with van der Waals surface area (Å²) >= 11 is 2.43. The summed E-state index contributed by atoms with van der Waals surface area (Å²) in [6.07, 6.45) is 2.28. The van der Waals surface area contributed by atoms with Crippen molar-refractivity contribution in [2.24, 2.45) is 0 Å². The Morgan fingerprint density at radius 3 is 2.17 bits per heavy atom. The second-order valence-corrected chi connectivity index (χ2v) is 7.80. The van der Waals surface area contributed by atoms with Gasteiger partial charge in [0.1, 0.15) is 24.5 Å². The maximum Gasteiger partial charge on any atom is 0.244 e. The van der Waals surface area contributed by atoms with E-state index in [1.54, 1.807) is 0 Å². The van der Waals surface area contributed by atoms with Crippen LogP contribution >= 0.6 is 22.6 Å². The van der Waals surface area contributed by atoms with E-state index in [1.165, 1.54) is 42.8 Å². The fourth-order valence-electron chi connectivity index (χ4n) is 3.60. The smallest absolute Gasteiger partial charge is 0.229 e. The highest BCUT2D eigenvalue weighted by molar-refractivity contribution is 14.1. The van der Waals surface area contributed by atoms with E-state index in [-0.39, 0.29) is 0 Å². The lowest BCUT2D eigenvalue weighted by Gasteiger charge is -2.11. The third kappa shape index (κ3) is 3.16. The maximum atomic E-state index is 2.43. The zero-order valence-corrected chi connectivity index (χ0v) is 16.7. The van der Waals surface area contributed by atoms with Gasteiger partial charge in [-0.25, -0.2) is 9.48 Å². The minimum Gasteiger partial charge on any atom is -0.229 e. The van der Waals surface area contributed by atoms with Crippen LogP contribution in [0.4, 0.5) is 11.4 Å². The van der Waals surface area contributed by atoms with Crippen LogP contribution in [0, 0.1) is 38.2 Å². The Kier molecular flexibility index (Phi) is 4.50. The molecule has 0 saturated heterocycles. The molecule has 1 aliphatic rings. The van der Waals surface area contributed by atoms with Crippen LogP contribution in [-0.4, -0.2) is 24.0 Å². The molecule has 0 N–H and O–H groups in total. The van der Waals surface area contributed by atoms with Gasteiger partial charge in [-0.2, -0.15) is 0 Å². The molecule has 0 amide bonds. The van der Waals surface area contributed by atoms with Crippen LogP contribution < -0.4 is 4.90 Å². The number of benzene rings is 2. The first-order valence-corrected chi connectivity index (χ1v) is 9.17. The molecule has 2 nitrogen and oxygen atoms in total. The van der Waals surface area contributed by atoms with Crippen LogP contribution in [0.5, 0.6) is 0 Å². The Morgan fingerprint density at radius 1 is 0.870 bits per heavy atom. The lowest BCUT2D eigenvalue weighted by molar-refractivity contribution is -0.425. The van der Waals surface area contributed by atoms with Crippen LogP contribution in [0.2, 0.25) is 0 Å². The first-order chi connectivity index (χ1) is 10.9. The molecule has 120 valence electrons. The van der Waals surface area contributed by atoms with E-state index in [2.05, 4.69) is 97.3 Å². The Morgan fingerprint density at radius 2 is 1.52 bits per heavy atom. The van der Waals surface area contributed by atoms with E-state index in [9.17, 15) is 0 Å². The molecule has 0 saturated carbocycles. The third-order valence-corrected chi connectivity index (χ3v) is 5.73. The average Bonchev–Trinajstić information content (AvgIpc) is 2.91. The van der Waals surface area contributed by atoms with Gasteiger partial charge in [0, 0.05) is 3.57 Å². The van der Waals surface area contributed by atoms with Gasteiger partial charge in [-0.05, 0) is 85.5 Å². The van der Waals surface area contributed by atoms with Crippen molar-refractivity contribution < 1.29 is 4.58 Å². The molecule has 2 aromatic rings. The van der Waals surface area contributed by atoms with Gasteiger partial charge in [-0.15, -0.1) is 0 Å². The molecule has 2 aromatic carbocycles. The molecule has 3 rings (SSSR count). The lowest BCUT2D eigenvalue weighted by Crippen LogP contribution is -2.19. The summed E-state index contributed by atoms with van der Waals surface area (Å²) in [6, 6.07) is 9.15. The molecule has 1 heterocycles. The molecule has 23 heavy (non-hydrogen) atoms. The van der Waals surface area contributed by atoms with Gasteiger partial charge in [0.15, 0.2) is 0 Å². The zero-order valence-electron chi connectivity index (χ0n) is 14.6. The van der Waals surface area contributed by atoms with E-state index in [4.69, 9.17) is 0 Å². The van der Waals surface area contributed by atoms with E-state index in [0.29, 0.717) is 0 Å². The minimum absolute atomic E-state index is 1.03. The number of nitrogens with zero attached hydrogens (tertiary/aromatic N) is 2. The molecule has 0 aromatic heterocycles. The molecule has 1 aliphatic heterocycles. The predicted octanol–water partition coefficient (Wildman–Crippen LogP) is 5.03. The molecular weight excluding hydrogens is 395 g/mol. The number of hydrogen-bond donors (Lipinski definition) is 0. The summed E-state index contributed by atoms with van der Waals surface area (Å²) in [6.45, 7) is 13.1. The standard InChI is InChI=1S/C20H24IN2/c1-13-8-16(4)20(17(5)9-13)23-7-6-22(12-23)19-11-18(21)14(2)10-15(19)3/h8-12H,6-7H2,1-5H3/q+1. The predicted molar refractivity (Wildman–Crippen MR) is 107 cm³/mol. The van der Waals surface area contributed by atoms with Crippen molar-refractivity contribution >= 4 is 40.3 Å². The van der Waals surface area contributed by atoms with Gasteiger partial charge in [-0.3, -0.25) is 0 Å². The van der Waals surface area contributed by atoms with Gasteiger partial charge in [0.2, 0.25) is 6.34 Å². The molecule has 3 heteroatoms. The van der Waals surface area contributed by atoms with Crippen molar-refractivity contribution in [3.05, 3.63) is 55.7 Å². The van der Waals surface area contributed by atoms with Crippen molar-refractivity contribution in [1.29, 1.82) is 0 Å². The molecule has 0 bridgehead atoms. The normalized spacial score (nSPS) is 14.3. The van der Waals surface area contributed by atoms with Crippen LogP contribution in [0.25, 0.3) is 0 Å². The van der Waals surface area contributed by atoms with Crippen LogP contribution in [0.1, 0.15) is 27.8 Å². The summed E-state index contributed by atoms with van der Waals surface area (Å²) < 4.78 is 3.73. The van der Waals surface area contributed by atoms with Gasteiger partial charge >= 0.3 is 0 Å². The van der Waals surface area contributed by atoms with Gasteiger partial charge in [0.05, 0.1) is 0 Å². The number of hydrogen-bond acceptors (Lipinski definition) is 1. The largest absolute Gasteiger partial charge is 0.244 e. The van der Waals surface area contributed by atoms with Crippen LogP contribution in [0.15, 0.2) is 24.3 Å². The SMILES string of the molecule is Cc1cc(C)c([N+]2=CN(c3cc(I)c(C)cc3C)CC2)c(C)c1. The first kappa shape index (κ1) is 16.5. The fraction of sp³-hybridized carbons (Fsp3) is 0.350. The van der Waals surface area contributed by atoms with E-state index < -0.39 is 0 Å². The van der Waals surface area contributed by atoms with Crippen molar-refractivity contribution in [2.45, 2.75) is 34.6 Å². The van der Waals surface area contributed by atoms with Crippen molar-refractivity contribution in [1.82, 2.24) is 0 Å². The molecule has 0 radical (unpaired) electrons. The summed E-state index contributed by atoms with van der Waals surface area (Å²) in [5, 5.41) is 0. The fourth-order valence-corrected chi connectivity index (χ4v) is 4.05. The first-order valence-electron chi connectivity index (χ1n) is 8.09. The Hall–Kier alpha value is -1.36. The number of aryl methyl sites for hydroxylation is 5. The summed E-state index contributed by atoms with van der Waals surface area (Å²) in [7, 11) is 0. The third-order valence-electron chi connectivity index (χ3n) is 4.57. The molecular formula is C20H24IN2+. The van der Waals surface area contributed by atoms with Gasteiger partial charge in [0.25, 0.3) is 0 Å². The van der Waals surface area contributed by atoms with Gasteiger partial charge < -0.3 is 0 Å². The highest BCUT2D eigenvalue weighted by Crippen LogP contribution is 2.29. The second-order valence-electron chi connectivity index (χ2n) is 6.64. The van der Waals surface area contributed by atoms with E-state index in [1.807, 2.05) is 0 Å².